The standard InChI is InChI=1S/C12H12Cl2N2O2/c1-18-12(17)7-16-10-3-2-8(14)6-9(10)15-11(16)4-5-13/h2-3,6H,4-5,7H2,1H3. The van der Waals surface area contributed by atoms with Crippen molar-refractivity contribution in [3.63, 3.8) is 0 Å². The zero-order chi connectivity index (χ0) is 13.1. The number of hydrogen-bond acceptors (Lipinski definition) is 3. The van der Waals surface area contributed by atoms with Crippen LogP contribution in [0.1, 0.15) is 5.82 Å². The number of carbonyl (C=O) groups excluding carboxylic acids is 1. The second kappa shape index (κ2) is 5.59. The topological polar surface area (TPSA) is 44.1 Å². The van der Waals surface area contributed by atoms with Gasteiger partial charge in [-0.15, -0.1) is 11.6 Å². The number of rotatable bonds is 4. The fourth-order valence-electron chi connectivity index (χ4n) is 1.80. The molecule has 0 atom stereocenters. The van der Waals surface area contributed by atoms with E-state index in [0.29, 0.717) is 17.3 Å². The van der Waals surface area contributed by atoms with Gasteiger partial charge in [0.05, 0.1) is 18.1 Å². The van der Waals surface area contributed by atoms with Crippen molar-refractivity contribution in [3.8, 4) is 0 Å². The van der Waals surface area contributed by atoms with Crippen molar-refractivity contribution >= 4 is 40.2 Å². The Balaban J connectivity index is 2.51. The van der Waals surface area contributed by atoms with Crippen LogP contribution >= 0.6 is 23.2 Å². The maximum absolute atomic E-state index is 11.4. The first kappa shape index (κ1) is 13.2. The van der Waals surface area contributed by atoms with Crippen molar-refractivity contribution in [1.82, 2.24) is 9.55 Å². The predicted octanol–water partition coefficient (Wildman–Crippen LogP) is 2.64. The molecule has 0 spiro atoms. The Bertz CT molecular complexity index is 581. The molecule has 0 fully saturated rings. The summed E-state index contributed by atoms with van der Waals surface area (Å²) in [5.74, 6) is 0.880. The smallest absolute Gasteiger partial charge is 0.325 e. The molecule has 0 bridgehead atoms. The number of ether oxygens (including phenoxy) is 1. The van der Waals surface area contributed by atoms with E-state index in [-0.39, 0.29) is 12.5 Å². The summed E-state index contributed by atoms with van der Waals surface area (Å²) >= 11 is 11.7. The van der Waals surface area contributed by atoms with Gasteiger partial charge in [0, 0.05) is 17.3 Å². The Labute approximate surface area is 114 Å². The van der Waals surface area contributed by atoms with Crippen molar-refractivity contribution in [3.05, 3.63) is 29.0 Å². The van der Waals surface area contributed by atoms with E-state index in [4.69, 9.17) is 23.2 Å². The summed E-state index contributed by atoms with van der Waals surface area (Å²) in [6.07, 6.45) is 0.588. The lowest BCUT2D eigenvalue weighted by Gasteiger charge is -2.06. The molecular formula is C12H12Cl2N2O2. The number of imidazole rings is 1. The van der Waals surface area contributed by atoms with Crippen molar-refractivity contribution in [2.45, 2.75) is 13.0 Å². The third-order valence-electron chi connectivity index (χ3n) is 2.62. The van der Waals surface area contributed by atoms with Crippen LogP contribution in [0, 0.1) is 0 Å². The number of methoxy groups -OCH3 is 1. The molecule has 0 unspecified atom stereocenters. The second-order valence-electron chi connectivity index (χ2n) is 3.76. The van der Waals surface area contributed by atoms with Gasteiger partial charge in [0.1, 0.15) is 12.4 Å². The number of aryl methyl sites for hydroxylation is 1. The minimum atomic E-state index is -0.319. The highest BCUT2D eigenvalue weighted by atomic mass is 35.5. The van der Waals surface area contributed by atoms with Gasteiger partial charge in [0.25, 0.3) is 0 Å². The Morgan fingerprint density at radius 3 is 2.94 bits per heavy atom. The first-order valence-electron chi connectivity index (χ1n) is 5.43. The van der Waals surface area contributed by atoms with E-state index < -0.39 is 0 Å². The highest BCUT2D eigenvalue weighted by Gasteiger charge is 2.13. The van der Waals surface area contributed by atoms with Crippen LogP contribution in [0.25, 0.3) is 11.0 Å². The summed E-state index contributed by atoms with van der Waals surface area (Å²) in [6, 6.07) is 5.37. The van der Waals surface area contributed by atoms with Crippen LogP contribution in [0.3, 0.4) is 0 Å². The Morgan fingerprint density at radius 1 is 1.50 bits per heavy atom. The molecule has 2 rings (SSSR count). The quantitative estimate of drug-likeness (QED) is 0.641. The molecule has 0 amide bonds. The predicted molar refractivity (Wildman–Crippen MR) is 71.2 cm³/mol. The third-order valence-corrected chi connectivity index (χ3v) is 3.05. The number of halogens is 2. The molecule has 0 aliphatic rings. The minimum absolute atomic E-state index is 0.126. The van der Waals surface area contributed by atoms with Gasteiger partial charge in [-0.2, -0.15) is 0 Å². The summed E-state index contributed by atoms with van der Waals surface area (Å²) in [4.78, 5) is 15.9. The lowest BCUT2D eigenvalue weighted by molar-refractivity contribution is -0.141. The number of fused-ring (bicyclic) bond motifs is 1. The molecule has 1 aromatic carbocycles. The lowest BCUT2D eigenvalue weighted by atomic mass is 10.3. The molecule has 96 valence electrons. The number of nitrogens with zero attached hydrogens (tertiary/aromatic N) is 2. The molecule has 0 N–H and O–H groups in total. The number of alkyl halides is 1. The van der Waals surface area contributed by atoms with Crippen molar-refractivity contribution in [2.75, 3.05) is 13.0 Å². The van der Waals surface area contributed by atoms with Crippen molar-refractivity contribution < 1.29 is 9.53 Å². The van der Waals surface area contributed by atoms with Gasteiger partial charge in [-0.05, 0) is 18.2 Å². The molecule has 0 radical (unpaired) electrons. The van der Waals surface area contributed by atoms with Crippen LogP contribution in [0.2, 0.25) is 5.02 Å². The van der Waals surface area contributed by atoms with E-state index in [1.54, 1.807) is 16.7 Å². The van der Waals surface area contributed by atoms with E-state index in [1.165, 1.54) is 7.11 Å². The number of hydrogen-bond donors (Lipinski definition) is 0. The first-order chi connectivity index (χ1) is 8.65. The number of aromatic nitrogens is 2. The first-order valence-corrected chi connectivity index (χ1v) is 6.34. The van der Waals surface area contributed by atoms with Crippen LogP contribution in [-0.4, -0.2) is 28.5 Å². The molecule has 18 heavy (non-hydrogen) atoms. The van der Waals surface area contributed by atoms with Crippen LogP contribution in [0.4, 0.5) is 0 Å². The normalized spacial score (nSPS) is 10.8. The van der Waals surface area contributed by atoms with Gasteiger partial charge in [0.2, 0.25) is 0 Å². The molecular weight excluding hydrogens is 275 g/mol. The Kier molecular flexibility index (Phi) is 4.09. The summed E-state index contributed by atoms with van der Waals surface area (Å²) in [5, 5.41) is 0.614. The van der Waals surface area contributed by atoms with Gasteiger partial charge >= 0.3 is 5.97 Å². The third kappa shape index (κ3) is 2.60. The average Bonchev–Trinajstić information content (AvgIpc) is 2.67. The second-order valence-corrected chi connectivity index (χ2v) is 4.58. The summed E-state index contributed by atoms with van der Waals surface area (Å²) in [7, 11) is 1.36. The molecule has 4 nitrogen and oxygen atoms in total. The molecule has 1 heterocycles. The zero-order valence-corrected chi connectivity index (χ0v) is 11.3. The molecule has 0 aliphatic heterocycles. The van der Waals surface area contributed by atoms with Crippen molar-refractivity contribution in [2.24, 2.45) is 0 Å². The fraction of sp³-hybridized carbons (Fsp3) is 0.333. The Morgan fingerprint density at radius 2 is 2.28 bits per heavy atom. The van der Waals surface area contributed by atoms with E-state index in [2.05, 4.69) is 9.72 Å². The van der Waals surface area contributed by atoms with E-state index in [1.807, 2.05) is 6.07 Å². The molecule has 6 heteroatoms. The van der Waals surface area contributed by atoms with Crippen LogP contribution in [-0.2, 0) is 22.5 Å². The van der Waals surface area contributed by atoms with Crippen LogP contribution in [0.5, 0.6) is 0 Å². The summed E-state index contributed by atoms with van der Waals surface area (Å²) in [5.41, 5.74) is 1.61. The highest BCUT2D eigenvalue weighted by molar-refractivity contribution is 6.31. The molecule has 0 saturated heterocycles. The van der Waals surface area contributed by atoms with Gasteiger partial charge in [-0.3, -0.25) is 4.79 Å². The molecule has 2 aromatic rings. The maximum Gasteiger partial charge on any atom is 0.325 e. The molecule has 0 aliphatic carbocycles. The number of esters is 1. The van der Waals surface area contributed by atoms with Gasteiger partial charge in [0.15, 0.2) is 0 Å². The molecule has 0 saturated carbocycles. The SMILES string of the molecule is COC(=O)Cn1c(CCCl)nc2cc(Cl)ccc21. The number of benzene rings is 1. The van der Waals surface area contributed by atoms with Crippen LogP contribution < -0.4 is 0 Å². The fourth-order valence-corrected chi connectivity index (χ4v) is 2.13. The van der Waals surface area contributed by atoms with Gasteiger partial charge in [-0.25, -0.2) is 4.98 Å². The summed E-state index contributed by atoms with van der Waals surface area (Å²) in [6.45, 7) is 0.126. The van der Waals surface area contributed by atoms with E-state index in [9.17, 15) is 4.79 Å². The Hall–Kier alpha value is -1.26. The van der Waals surface area contributed by atoms with E-state index in [0.717, 1.165) is 16.9 Å². The van der Waals surface area contributed by atoms with Crippen LogP contribution in [0.15, 0.2) is 18.2 Å². The monoisotopic (exact) mass is 286 g/mol. The van der Waals surface area contributed by atoms with Gasteiger partial charge in [-0.1, -0.05) is 11.6 Å². The maximum atomic E-state index is 11.4. The zero-order valence-electron chi connectivity index (χ0n) is 9.82. The highest BCUT2D eigenvalue weighted by Crippen LogP contribution is 2.21. The minimum Gasteiger partial charge on any atom is -0.468 e. The largest absolute Gasteiger partial charge is 0.468 e. The van der Waals surface area contributed by atoms with Gasteiger partial charge < -0.3 is 9.30 Å². The average molecular weight is 287 g/mol. The van der Waals surface area contributed by atoms with Crippen molar-refractivity contribution in [1.29, 1.82) is 0 Å². The molecule has 1 aromatic heterocycles. The lowest BCUT2D eigenvalue weighted by Crippen LogP contribution is -2.14. The number of carbonyl (C=O) groups is 1. The summed E-state index contributed by atoms with van der Waals surface area (Å²) < 4.78 is 6.49. The van der Waals surface area contributed by atoms with E-state index >= 15 is 0 Å².